The van der Waals surface area contributed by atoms with Crippen molar-refractivity contribution in [2.24, 2.45) is 5.16 Å². The Balaban J connectivity index is 1.88. The van der Waals surface area contributed by atoms with Gasteiger partial charge in [0.25, 0.3) is 11.6 Å². The summed E-state index contributed by atoms with van der Waals surface area (Å²) in [6.45, 7) is 2.79. The maximum Gasteiger partial charge on any atom is 0.271 e. The van der Waals surface area contributed by atoms with Gasteiger partial charge in [-0.25, -0.2) is 0 Å². The third-order valence-corrected chi connectivity index (χ3v) is 3.36. The molecule has 2 N–H and O–H groups in total. The Morgan fingerprint density at radius 3 is 2.41 bits per heavy atom. The van der Waals surface area contributed by atoms with Gasteiger partial charge in [-0.15, -0.1) is 0 Å². The minimum atomic E-state index is -0.545. The Kier molecular flexibility index (Phi) is 6.59. The molecule has 0 atom stereocenters. The van der Waals surface area contributed by atoms with Crippen molar-refractivity contribution in [3.8, 4) is 0 Å². The van der Waals surface area contributed by atoms with Crippen molar-refractivity contribution < 1.29 is 19.3 Å². The lowest BCUT2D eigenvalue weighted by Crippen LogP contribution is -2.17. The van der Waals surface area contributed by atoms with Crippen LogP contribution in [0, 0.1) is 10.1 Å². The number of rotatable bonds is 7. The van der Waals surface area contributed by atoms with E-state index in [-0.39, 0.29) is 18.2 Å². The SMILES string of the molecule is CC(=O)Nc1ccc(/C(C)=N/OCC(=O)Nc2cccc([N+](=O)[O-])c2)cc1. The molecule has 27 heavy (non-hydrogen) atoms. The fourth-order valence-corrected chi connectivity index (χ4v) is 2.13. The van der Waals surface area contributed by atoms with Gasteiger partial charge < -0.3 is 15.5 Å². The zero-order valence-corrected chi connectivity index (χ0v) is 14.8. The molecular formula is C18H18N4O5. The molecular weight excluding hydrogens is 352 g/mol. The Hall–Kier alpha value is -3.75. The van der Waals surface area contributed by atoms with Crippen LogP contribution >= 0.6 is 0 Å². The molecule has 2 aromatic rings. The molecule has 0 spiro atoms. The highest BCUT2D eigenvalue weighted by Crippen LogP contribution is 2.17. The summed E-state index contributed by atoms with van der Waals surface area (Å²) >= 11 is 0. The monoisotopic (exact) mass is 370 g/mol. The lowest BCUT2D eigenvalue weighted by Gasteiger charge is -2.06. The number of nitro groups is 1. The highest BCUT2D eigenvalue weighted by atomic mass is 16.6. The van der Waals surface area contributed by atoms with Gasteiger partial charge in [-0.3, -0.25) is 19.7 Å². The largest absolute Gasteiger partial charge is 0.385 e. The van der Waals surface area contributed by atoms with E-state index in [9.17, 15) is 19.7 Å². The van der Waals surface area contributed by atoms with E-state index >= 15 is 0 Å². The van der Waals surface area contributed by atoms with Gasteiger partial charge in [0.2, 0.25) is 5.91 Å². The maximum absolute atomic E-state index is 11.8. The number of non-ortho nitro benzene ring substituents is 1. The molecule has 0 fully saturated rings. The van der Waals surface area contributed by atoms with Crippen LogP contribution in [0.25, 0.3) is 0 Å². The van der Waals surface area contributed by atoms with Gasteiger partial charge in [-0.05, 0) is 30.7 Å². The summed E-state index contributed by atoms with van der Waals surface area (Å²) in [7, 11) is 0. The van der Waals surface area contributed by atoms with E-state index in [4.69, 9.17) is 4.84 Å². The molecule has 2 aromatic carbocycles. The van der Waals surface area contributed by atoms with Gasteiger partial charge in [-0.2, -0.15) is 0 Å². The Bertz CT molecular complexity index is 878. The average molecular weight is 370 g/mol. The first-order valence-corrected chi connectivity index (χ1v) is 7.94. The number of nitro benzene ring substituents is 1. The molecule has 0 unspecified atom stereocenters. The van der Waals surface area contributed by atoms with Gasteiger partial charge in [0, 0.05) is 30.4 Å². The van der Waals surface area contributed by atoms with Crippen molar-refractivity contribution in [1.82, 2.24) is 0 Å². The summed E-state index contributed by atoms with van der Waals surface area (Å²) in [6, 6.07) is 12.6. The summed E-state index contributed by atoms with van der Waals surface area (Å²) in [6.07, 6.45) is 0. The number of carbonyl (C=O) groups is 2. The van der Waals surface area contributed by atoms with Crippen LogP contribution in [0.5, 0.6) is 0 Å². The number of carbonyl (C=O) groups excluding carboxylic acids is 2. The van der Waals surface area contributed by atoms with Crippen molar-refractivity contribution in [2.75, 3.05) is 17.2 Å². The van der Waals surface area contributed by atoms with E-state index in [1.165, 1.54) is 31.2 Å². The molecule has 140 valence electrons. The normalized spacial score (nSPS) is 10.8. The molecule has 0 saturated carbocycles. The van der Waals surface area contributed by atoms with E-state index in [1.807, 2.05) is 0 Å². The molecule has 0 bridgehead atoms. The summed E-state index contributed by atoms with van der Waals surface area (Å²) < 4.78 is 0. The second kappa shape index (κ2) is 9.09. The van der Waals surface area contributed by atoms with E-state index in [0.717, 1.165) is 5.56 Å². The van der Waals surface area contributed by atoms with Gasteiger partial charge in [0.05, 0.1) is 10.6 Å². The first-order valence-electron chi connectivity index (χ1n) is 7.94. The van der Waals surface area contributed by atoms with Gasteiger partial charge in [0.1, 0.15) is 0 Å². The van der Waals surface area contributed by atoms with E-state index in [1.54, 1.807) is 31.2 Å². The van der Waals surface area contributed by atoms with Crippen molar-refractivity contribution in [3.63, 3.8) is 0 Å². The van der Waals surface area contributed by atoms with Gasteiger partial charge >= 0.3 is 0 Å². The fraction of sp³-hybridized carbons (Fsp3) is 0.167. The third kappa shape index (κ3) is 6.24. The predicted octanol–water partition coefficient (Wildman–Crippen LogP) is 2.93. The van der Waals surface area contributed by atoms with E-state index < -0.39 is 10.8 Å². The minimum absolute atomic E-state index is 0.120. The molecule has 0 aromatic heterocycles. The number of benzene rings is 2. The fourth-order valence-electron chi connectivity index (χ4n) is 2.13. The van der Waals surface area contributed by atoms with Gasteiger partial charge in [0.15, 0.2) is 6.61 Å². The van der Waals surface area contributed by atoms with Crippen LogP contribution in [0.3, 0.4) is 0 Å². The molecule has 0 saturated heterocycles. The Labute approximate surface area is 155 Å². The molecule has 9 heteroatoms. The second-order valence-electron chi connectivity index (χ2n) is 5.56. The minimum Gasteiger partial charge on any atom is -0.385 e. The van der Waals surface area contributed by atoms with Crippen LogP contribution in [0.2, 0.25) is 0 Å². The number of nitrogens with one attached hydrogen (secondary N) is 2. The van der Waals surface area contributed by atoms with Crippen LogP contribution in [0.15, 0.2) is 53.7 Å². The van der Waals surface area contributed by atoms with Crippen LogP contribution < -0.4 is 10.6 Å². The molecule has 2 amide bonds. The molecule has 0 aliphatic carbocycles. The highest BCUT2D eigenvalue weighted by molar-refractivity contribution is 5.99. The predicted molar refractivity (Wildman–Crippen MR) is 101 cm³/mol. The Morgan fingerprint density at radius 1 is 1.07 bits per heavy atom. The van der Waals surface area contributed by atoms with Gasteiger partial charge in [-0.1, -0.05) is 23.4 Å². The Morgan fingerprint density at radius 2 is 1.78 bits per heavy atom. The molecule has 0 radical (unpaired) electrons. The topological polar surface area (TPSA) is 123 Å². The molecule has 9 nitrogen and oxygen atoms in total. The number of amides is 2. The van der Waals surface area contributed by atoms with E-state index in [2.05, 4.69) is 15.8 Å². The lowest BCUT2D eigenvalue weighted by molar-refractivity contribution is -0.384. The first kappa shape index (κ1) is 19.6. The quantitative estimate of drug-likeness (QED) is 0.441. The number of hydrogen-bond donors (Lipinski definition) is 2. The van der Waals surface area contributed by atoms with E-state index in [0.29, 0.717) is 17.1 Å². The standard InChI is InChI=1S/C18H18N4O5/c1-12(14-6-8-15(9-7-14)19-13(2)23)21-27-11-18(24)20-16-4-3-5-17(10-16)22(25)26/h3-10H,11H2,1-2H3,(H,19,23)(H,20,24)/b21-12+. The number of anilines is 2. The smallest absolute Gasteiger partial charge is 0.271 e. The molecule has 0 aliphatic heterocycles. The van der Waals surface area contributed by atoms with Crippen LogP contribution in [-0.2, 0) is 14.4 Å². The first-order chi connectivity index (χ1) is 12.8. The second-order valence-corrected chi connectivity index (χ2v) is 5.56. The average Bonchev–Trinajstić information content (AvgIpc) is 2.62. The summed E-state index contributed by atoms with van der Waals surface area (Å²) in [4.78, 5) is 38.0. The molecule has 0 aliphatic rings. The van der Waals surface area contributed by atoms with Crippen LogP contribution in [-0.4, -0.2) is 29.1 Å². The number of oxime groups is 1. The molecule has 2 rings (SSSR count). The van der Waals surface area contributed by atoms with Crippen LogP contribution in [0.4, 0.5) is 17.1 Å². The van der Waals surface area contributed by atoms with Crippen molar-refractivity contribution in [2.45, 2.75) is 13.8 Å². The maximum atomic E-state index is 11.8. The lowest BCUT2D eigenvalue weighted by atomic mass is 10.1. The highest BCUT2D eigenvalue weighted by Gasteiger charge is 2.08. The van der Waals surface area contributed by atoms with Crippen LogP contribution in [0.1, 0.15) is 19.4 Å². The third-order valence-electron chi connectivity index (χ3n) is 3.36. The summed E-state index contributed by atoms with van der Waals surface area (Å²) in [5.74, 6) is -0.653. The zero-order chi connectivity index (χ0) is 19.8. The van der Waals surface area contributed by atoms with Crippen molar-refractivity contribution in [3.05, 3.63) is 64.2 Å². The molecule has 0 heterocycles. The van der Waals surface area contributed by atoms with Crippen molar-refractivity contribution >= 4 is 34.6 Å². The summed E-state index contributed by atoms with van der Waals surface area (Å²) in [5.41, 5.74) is 2.16. The summed E-state index contributed by atoms with van der Waals surface area (Å²) in [5, 5.41) is 19.8. The number of hydrogen-bond acceptors (Lipinski definition) is 6. The zero-order valence-electron chi connectivity index (χ0n) is 14.8. The number of nitrogens with zero attached hydrogens (tertiary/aromatic N) is 2. The van der Waals surface area contributed by atoms with Crippen molar-refractivity contribution in [1.29, 1.82) is 0 Å².